The topological polar surface area (TPSA) is 21.3 Å². The highest BCUT2D eigenvalue weighted by Crippen LogP contribution is 2.35. The SMILES string of the molecule is CCC1(NCc2ccc(OC)s2)CCC1. The summed E-state index contributed by atoms with van der Waals surface area (Å²) < 4.78 is 5.18. The molecule has 0 unspecified atom stereocenters. The van der Waals surface area contributed by atoms with Crippen molar-refractivity contribution in [3.8, 4) is 5.06 Å². The van der Waals surface area contributed by atoms with E-state index in [0.717, 1.165) is 11.6 Å². The molecule has 1 saturated carbocycles. The zero-order valence-electron chi connectivity index (χ0n) is 9.51. The summed E-state index contributed by atoms with van der Waals surface area (Å²) in [5, 5.41) is 4.70. The Morgan fingerprint density at radius 3 is 2.73 bits per heavy atom. The van der Waals surface area contributed by atoms with Gasteiger partial charge in [0.25, 0.3) is 0 Å². The third-order valence-electron chi connectivity index (χ3n) is 3.46. The van der Waals surface area contributed by atoms with Crippen molar-refractivity contribution in [3.05, 3.63) is 17.0 Å². The lowest BCUT2D eigenvalue weighted by atomic mass is 9.75. The molecule has 0 aromatic carbocycles. The minimum atomic E-state index is 0.442. The van der Waals surface area contributed by atoms with E-state index >= 15 is 0 Å². The van der Waals surface area contributed by atoms with Gasteiger partial charge in [0.2, 0.25) is 0 Å². The second kappa shape index (κ2) is 4.54. The van der Waals surface area contributed by atoms with Crippen LogP contribution in [0.15, 0.2) is 12.1 Å². The molecule has 0 spiro atoms. The summed E-state index contributed by atoms with van der Waals surface area (Å²) in [4.78, 5) is 1.37. The Labute approximate surface area is 95.6 Å². The van der Waals surface area contributed by atoms with Crippen LogP contribution in [-0.2, 0) is 6.54 Å². The normalized spacial score (nSPS) is 18.5. The van der Waals surface area contributed by atoms with Gasteiger partial charge in [0.05, 0.1) is 7.11 Å². The largest absolute Gasteiger partial charge is 0.487 e. The molecule has 1 aliphatic rings. The Balaban J connectivity index is 1.86. The van der Waals surface area contributed by atoms with E-state index in [4.69, 9.17) is 4.74 Å². The van der Waals surface area contributed by atoms with E-state index in [1.807, 2.05) is 6.07 Å². The fraction of sp³-hybridized carbons (Fsp3) is 0.667. The maximum atomic E-state index is 5.18. The van der Waals surface area contributed by atoms with Gasteiger partial charge in [-0.1, -0.05) is 6.92 Å². The van der Waals surface area contributed by atoms with Gasteiger partial charge < -0.3 is 10.1 Å². The van der Waals surface area contributed by atoms with Gasteiger partial charge in [-0.25, -0.2) is 0 Å². The first-order valence-electron chi connectivity index (χ1n) is 5.66. The van der Waals surface area contributed by atoms with Gasteiger partial charge >= 0.3 is 0 Å². The molecule has 2 rings (SSSR count). The van der Waals surface area contributed by atoms with Crippen molar-refractivity contribution in [2.75, 3.05) is 7.11 Å². The van der Waals surface area contributed by atoms with Crippen LogP contribution < -0.4 is 10.1 Å². The summed E-state index contributed by atoms with van der Waals surface area (Å²) >= 11 is 1.73. The predicted octanol–water partition coefficient (Wildman–Crippen LogP) is 3.18. The van der Waals surface area contributed by atoms with Crippen molar-refractivity contribution >= 4 is 11.3 Å². The maximum absolute atomic E-state index is 5.18. The number of methoxy groups -OCH3 is 1. The summed E-state index contributed by atoms with van der Waals surface area (Å²) in [6.45, 7) is 3.27. The van der Waals surface area contributed by atoms with Gasteiger partial charge in [0, 0.05) is 17.0 Å². The highest BCUT2D eigenvalue weighted by atomic mass is 32.1. The molecule has 0 saturated heterocycles. The molecule has 1 aromatic rings. The molecule has 15 heavy (non-hydrogen) atoms. The molecule has 3 heteroatoms. The number of thiophene rings is 1. The average molecular weight is 225 g/mol. The van der Waals surface area contributed by atoms with Crippen molar-refractivity contribution in [1.82, 2.24) is 5.32 Å². The molecule has 1 heterocycles. The molecule has 0 atom stereocenters. The van der Waals surface area contributed by atoms with Gasteiger partial charge in [-0.05, 0) is 37.8 Å². The summed E-state index contributed by atoms with van der Waals surface area (Å²) in [5.41, 5.74) is 0.442. The van der Waals surface area contributed by atoms with Gasteiger partial charge in [-0.15, -0.1) is 11.3 Å². The Kier molecular flexibility index (Phi) is 3.32. The number of hydrogen-bond acceptors (Lipinski definition) is 3. The number of rotatable bonds is 5. The molecule has 0 amide bonds. The molecular formula is C12H19NOS. The first-order chi connectivity index (χ1) is 7.28. The molecule has 0 aliphatic heterocycles. The first kappa shape index (κ1) is 11.0. The van der Waals surface area contributed by atoms with E-state index in [1.54, 1.807) is 18.4 Å². The summed E-state index contributed by atoms with van der Waals surface area (Å²) in [5.74, 6) is 0. The van der Waals surface area contributed by atoms with Crippen molar-refractivity contribution in [2.45, 2.75) is 44.7 Å². The molecule has 0 radical (unpaired) electrons. The van der Waals surface area contributed by atoms with E-state index in [1.165, 1.54) is 30.6 Å². The molecule has 2 nitrogen and oxygen atoms in total. The monoisotopic (exact) mass is 225 g/mol. The van der Waals surface area contributed by atoms with Crippen molar-refractivity contribution in [1.29, 1.82) is 0 Å². The summed E-state index contributed by atoms with van der Waals surface area (Å²) in [6, 6.07) is 4.19. The average Bonchev–Trinajstić information content (AvgIpc) is 2.65. The number of nitrogens with one attached hydrogen (secondary N) is 1. The summed E-state index contributed by atoms with van der Waals surface area (Å²) in [6.07, 6.45) is 5.31. The van der Waals surface area contributed by atoms with Crippen LogP contribution in [0.5, 0.6) is 5.06 Å². The third kappa shape index (κ3) is 2.34. The van der Waals surface area contributed by atoms with Crippen LogP contribution in [0.1, 0.15) is 37.5 Å². The van der Waals surface area contributed by atoms with Crippen LogP contribution in [-0.4, -0.2) is 12.6 Å². The lowest BCUT2D eigenvalue weighted by Gasteiger charge is -2.42. The van der Waals surface area contributed by atoms with Crippen molar-refractivity contribution in [3.63, 3.8) is 0 Å². The Bertz CT molecular complexity index is 312. The van der Waals surface area contributed by atoms with Crippen molar-refractivity contribution in [2.24, 2.45) is 0 Å². The number of hydrogen-bond donors (Lipinski definition) is 1. The van der Waals surface area contributed by atoms with Crippen LogP contribution in [0, 0.1) is 0 Å². The fourth-order valence-corrected chi connectivity index (χ4v) is 2.85. The first-order valence-corrected chi connectivity index (χ1v) is 6.47. The molecule has 1 fully saturated rings. The lowest BCUT2D eigenvalue weighted by molar-refractivity contribution is 0.176. The molecular weight excluding hydrogens is 206 g/mol. The zero-order valence-corrected chi connectivity index (χ0v) is 10.3. The molecule has 0 bridgehead atoms. The van der Waals surface area contributed by atoms with Gasteiger partial charge in [0.1, 0.15) is 0 Å². The van der Waals surface area contributed by atoms with Crippen molar-refractivity contribution < 1.29 is 4.74 Å². The Morgan fingerprint density at radius 1 is 1.47 bits per heavy atom. The van der Waals surface area contributed by atoms with Crippen LogP contribution in [0.2, 0.25) is 0 Å². The maximum Gasteiger partial charge on any atom is 0.173 e. The second-order valence-electron chi connectivity index (χ2n) is 4.27. The highest BCUT2D eigenvalue weighted by Gasteiger charge is 2.34. The predicted molar refractivity (Wildman–Crippen MR) is 64.6 cm³/mol. The van der Waals surface area contributed by atoms with Gasteiger partial charge in [0.15, 0.2) is 5.06 Å². The standard InChI is InChI=1S/C12H19NOS/c1-3-12(7-4-8-12)13-9-10-5-6-11(14-2)15-10/h5-6,13H,3-4,7-9H2,1-2H3. The van der Waals surface area contributed by atoms with E-state index in [-0.39, 0.29) is 0 Å². The van der Waals surface area contributed by atoms with E-state index in [0.29, 0.717) is 5.54 Å². The van der Waals surface area contributed by atoms with E-state index < -0.39 is 0 Å². The van der Waals surface area contributed by atoms with E-state index in [2.05, 4.69) is 18.3 Å². The second-order valence-corrected chi connectivity index (χ2v) is 5.40. The van der Waals surface area contributed by atoms with Gasteiger partial charge in [-0.2, -0.15) is 0 Å². The minimum Gasteiger partial charge on any atom is -0.487 e. The zero-order chi connectivity index (χ0) is 10.7. The lowest BCUT2D eigenvalue weighted by Crippen LogP contribution is -2.49. The Morgan fingerprint density at radius 2 is 2.27 bits per heavy atom. The molecule has 1 aliphatic carbocycles. The fourth-order valence-electron chi connectivity index (χ4n) is 2.10. The van der Waals surface area contributed by atoms with Crippen LogP contribution >= 0.6 is 11.3 Å². The molecule has 1 aromatic heterocycles. The van der Waals surface area contributed by atoms with E-state index in [9.17, 15) is 0 Å². The van der Waals surface area contributed by atoms with Crippen LogP contribution in [0.25, 0.3) is 0 Å². The van der Waals surface area contributed by atoms with Gasteiger partial charge in [-0.3, -0.25) is 0 Å². The quantitative estimate of drug-likeness (QED) is 0.831. The molecule has 84 valence electrons. The minimum absolute atomic E-state index is 0.442. The third-order valence-corrected chi connectivity index (χ3v) is 4.51. The number of ether oxygens (including phenoxy) is 1. The smallest absolute Gasteiger partial charge is 0.173 e. The molecule has 1 N–H and O–H groups in total. The van der Waals surface area contributed by atoms with Crippen LogP contribution in [0.4, 0.5) is 0 Å². The Hall–Kier alpha value is -0.540. The summed E-state index contributed by atoms with van der Waals surface area (Å²) in [7, 11) is 1.72. The van der Waals surface area contributed by atoms with Crippen LogP contribution in [0.3, 0.4) is 0 Å². The highest BCUT2D eigenvalue weighted by molar-refractivity contribution is 7.13.